The van der Waals surface area contributed by atoms with Crippen LogP contribution in [-0.4, -0.2) is 73.6 Å². The average Bonchev–Trinajstić information content (AvgIpc) is 2.69. The van der Waals surface area contributed by atoms with Crippen LogP contribution in [0.1, 0.15) is 24.5 Å². The molecule has 0 aliphatic heterocycles. The van der Waals surface area contributed by atoms with Gasteiger partial charge < -0.3 is 31.3 Å². The van der Waals surface area contributed by atoms with Gasteiger partial charge in [0.15, 0.2) is 11.4 Å². The number of amides is 1. The molecular weight excluding hydrogens is 456 g/mol. The molecule has 0 saturated heterocycles. The number of nitrogens with two attached hydrogens (primary N) is 1. The van der Waals surface area contributed by atoms with Crippen molar-refractivity contribution in [1.29, 1.82) is 0 Å². The summed E-state index contributed by atoms with van der Waals surface area (Å²) in [7, 11) is 2.97. The lowest BCUT2D eigenvalue weighted by Crippen LogP contribution is -2.67. The third-order valence-electron chi connectivity index (χ3n) is 7.07. The van der Waals surface area contributed by atoms with Crippen molar-refractivity contribution in [2.75, 3.05) is 14.1 Å². The summed E-state index contributed by atoms with van der Waals surface area (Å²) in [5.41, 5.74) is -1.10. The molecule has 176 valence electrons. The number of aliphatic hydroxyl groups is 4. The first-order valence-electron chi connectivity index (χ1n) is 10.1. The lowest BCUT2D eigenvalue weighted by atomic mass is 9.54. The van der Waals surface area contributed by atoms with Crippen LogP contribution in [0.3, 0.4) is 0 Å². The summed E-state index contributed by atoms with van der Waals surface area (Å²) in [6.07, 6.45) is -0.259. The van der Waals surface area contributed by atoms with E-state index in [1.807, 2.05) is 0 Å². The molecule has 1 amide bonds. The maximum Gasteiger partial charge on any atom is 0.255 e. The monoisotopic (exact) mass is 478 g/mol. The zero-order valence-electron chi connectivity index (χ0n) is 18.0. The van der Waals surface area contributed by atoms with Gasteiger partial charge in [-0.05, 0) is 39.6 Å². The molecule has 11 heteroatoms. The number of aromatic hydroxyl groups is 1. The molecule has 10 nitrogen and oxygen atoms in total. The van der Waals surface area contributed by atoms with Crippen LogP contribution in [0.4, 0.5) is 0 Å². The highest BCUT2D eigenvalue weighted by atomic mass is 35.5. The maximum atomic E-state index is 13.7. The Morgan fingerprint density at radius 3 is 2.33 bits per heavy atom. The number of nitrogens with zero attached hydrogens (tertiary/aromatic N) is 1. The lowest BCUT2D eigenvalue weighted by Gasteiger charge is -2.53. The number of halogens is 1. The summed E-state index contributed by atoms with van der Waals surface area (Å²) in [6, 6.07) is 1.24. The normalized spacial score (nSPS) is 33.7. The van der Waals surface area contributed by atoms with E-state index in [0.29, 0.717) is 0 Å². The number of carbonyl (C=O) groups excluding carboxylic acids is 3. The van der Waals surface area contributed by atoms with Gasteiger partial charge in [-0.15, -0.1) is 0 Å². The molecule has 0 aromatic heterocycles. The lowest BCUT2D eigenvalue weighted by molar-refractivity contribution is -0.159. The van der Waals surface area contributed by atoms with E-state index in [9.17, 15) is 39.9 Å². The fourth-order valence-corrected chi connectivity index (χ4v) is 5.93. The number of hydrogen-bond donors (Lipinski definition) is 6. The van der Waals surface area contributed by atoms with Crippen LogP contribution < -0.4 is 5.73 Å². The number of phenolic OH excluding ortho intramolecular Hbond substituents is 1. The number of carbonyl (C=O) groups is 3. The molecule has 1 aromatic carbocycles. The van der Waals surface area contributed by atoms with E-state index >= 15 is 0 Å². The van der Waals surface area contributed by atoms with Gasteiger partial charge in [0.1, 0.15) is 22.8 Å². The summed E-state index contributed by atoms with van der Waals surface area (Å²) in [5, 5.41) is 55.2. The van der Waals surface area contributed by atoms with Crippen molar-refractivity contribution in [3.05, 3.63) is 45.2 Å². The Hall–Kier alpha value is -2.92. The van der Waals surface area contributed by atoms with E-state index in [1.54, 1.807) is 0 Å². The first-order valence-corrected chi connectivity index (χ1v) is 10.5. The van der Waals surface area contributed by atoms with Gasteiger partial charge in [-0.25, -0.2) is 0 Å². The van der Waals surface area contributed by atoms with Crippen molar-refractivity contribution in [2.24, 2.45) is 17.6 Å². The molecule has 1 aromatic rings. The zero-order valence-corrected chi connectivity index (χ0v) is 18.7. The summed E-state index contributed by atoms with van der Waals surface area (Å²) in [5.74, 6) is -8.30. The van der Waals surface area contributed by atoms with E-state index < -0.39 is 75.0 Å². The summed E-state index contributed by atoms with van der Waals surface area (Å²) >= 11 is 6.28. The van der Waals surface area contributed by atoms with E-state index in [-0.39, 0.29) is 22.6 Å². The van der Waals surface area contributed by atoms with Crippen molar-refractivity contribution in [2.45, 2.75) is 30.6 Å². The van der Waals surface area contributed by atoms with Crippen LogP contribution in [0.5, 0.6) is 5.75 Å². The second-order valence-electron chi connectivity index (χ2n) is 9.08. The van der Waals surface area contributed by atoms with E-state index in [0.717, 1.165) is 0 Å². The number of ketones is 2. The Kier molecular flexibility index (Phi) is 4.96. The predicted octanol–water partition coefficient (Wildman–Crippen LogP) is 0.282. The Bertz CT molecular complexity index is 1200. The molecule has 4 unspecified atom stereocenters. The smallest absolute Gasteiger partial charge is 0.255 e. The molecule has 4 rings (SSSR count). The van der Waals surface area contributed by atoms with E-state index in [1.165, 1.54) is 38.1 Å². The van der Waals surface area contributed by atoms with E-state index in [4.69, 9.17) is 17.3 Å². The second kappa shape index (κ2) is 7.04. The topological polar surface area (TPSA) is 182 Å². The van der Waals surface area contributed by atoms with Gasteiger partial charge in [0, 0.05) is 28.0 Å². The molecule has 1 saturated carbocycles. The molecule has 0 heterocycles. The maximum absolute atomic E-state index is 13.7. The van der Waals surface area contributed by atoms with Crippen LogP contribution in [0.25, 0.3) is 5.76 Å². The molecule has 1 fully saturated rings. The Morgan fingerprint density at radius 2 is 1.79 bits per heavy atom. The van der Waals surface area contributed by atoms with Crippen molar-refractivity contribution in [3.63, 3.8) is 0 Å². The SMILES string of the molecule is CN(C)C1C(=O)C(C(N)=O)=C(O)C2(O)C(=O)C3=C(O)c4c(O)ccc(Cl)c4[C@@](C)(O)C3CC12. The average molecular weight is 479 g/mol. The highest BCUT2D eigenvalue weighted by Crippen LogP contribution is 2.58. The Balaban J connectivity index is 2.07. The quantitative estimate of drug-likeness (QED) is 0.325. The van der Waals surface area contributed by atoms with Crippen LogP contribution >= 0.6 is 11.6 Å². The Morgan fingerprint density at radius 1 is 1.18 bits per heavy atom. The van der Waals surface area contributed by atoms with Gasteiger partial charge >= 0.3 is 0 Å². The number of primary amides is 1. The molecule has 33 heavy (non-hydrogen) atoms. The molecule has 5 atom stereocenters. The summed E-state index contributed by atoms with van der Waals surface area (Å²) < 4.78 is 0. The Labute approximate surface area is 193 Å². The number of benzene rings is 1. The van der Waals surface area contributed by atoms with Crippen molar-refractivity contribution in [3.8, 4) is 5.75 Å². The molecule has 7 N–H and O–H groups in total. The number of fused-ring (bicyclic) bond motifs is 3. The van der Waals surface area contributed by atoms with Crippen LogP contribution in [-0.2, 0) is 20.0 Å². The minimum atomic E-state index is -2.78. The van der Waals surface area contributed by atoms with Crippen LogP contribution in [0, 0.1) is 11.8 Å². The van der Waals surface area contributed by atoms with Crippen molar-refractivity contribution < 1.29 is 39.9 Å². The highest BCUT2D eigenvalue weighted by Gasteiger charge is 2.66. The molecule has 0 bridgehead atoms. The van der Waals surface area contributed by atoms with Gasteiger partial charge in [-0.1, -0.05) is 11.6 Å². The first-order chi connectivity index (χ1) is 15.2. The van der Waals surface area contributed by atoms with Crippen LogP contribution in [0.15, 0.2) is 29.0 Å². The number of likely N-dealkylation sites (N-methyl/N-ethyl adjacent to an activating group) is 1. The number of aliphatic hydroxyl groups excluding tert-OH is 2. The molecule has 0 spiro atoms. The number of hydrogen-bond acceptors (Lipinski definition) is 9. The standard InChI is InChI=1S/C22H23ClN2O8/c1-21(32)7-6-8-15(25(2)3)17(28)13(20(24)31)19(30)22(8,33)18(29)11(7)16(27)12-10(26)5-4-9(23)14(12)21/h4-5,7-8,15,26-27,30,32-33H,6H2,1-3H3,(H2,24,31)/t7?,8?,15?,21-,22?/m0/s1. The van der Waals surface area contributed by atoms with Gasteiger partial charge in [-0.3, -0.25) is 19.3 Å². The molecular formula is C22H23ClN2O8. The third-order valence-corrected chi connectivity index (χ3v) is 7.39. The first kappa shape index (κ1) is 23.2. The largest absolute Gasteiger partial charge is 0.508 e. The van der Waals surface area contributed by atoms with Gasteiger partial charge in [-0.2, -0.15) is 0 Å². The third kappa shape index (κ3) is 2.75. The zero-order chi connectivity index (χ0) is 24.8. The number of phenols is 1. The second-order valence-corrected chi connectivity index (χ2v) is 9.48. The molecule has 3 aliphatic rings. The fraction of sp³-hybridized carbons (Fsp3) is 0.409. The minimum Gasteiger partial charge on any atom is -0.508 e. The minimum absolute atomic E-state index is 0.0187. The summed E-state index contributed by atoms with van der Waals surface area (Å²) in [6.45, 7) is 1.34. The molecule has 0 radical (unpaired) electrons. The van der Waals surface area contributed by atoms with Gasteiger partial charge in [0.2, 0.25) is 5.78 Å². The van der Waals surface area contributed by atoms with Crippen molar-refractivity contribution >= 4 is 34.8 Å². The fourth-order valence-electron chi connectivity index (χ4n) is 5.58. The number of Topliss-reactive ketones (excluding diaryl/α,β-unsaturated/α-hetero) is 2. The summed E-state index contributed by atoms with van der Waals surface area (Å²) in [4.78, 5) is 40.1. The van der Waals surface area contributed by atoms with Gasteiger partial charge in [0.05, 0.1) is 17.2 Å². The number of rotatable bonds is 2. The van der Waals surface area contributed by atoms with Gasteiger partial charge in [0.25, 0.3) is 5.91 Å². The predicted molar refractivity (Wildman–Crippen MR) is 115 cm³/mol. The van der Waals surface area contributed by atoms with Crippen LogP contribution in [0.2, 0.25) is 5.02 Å². The van der Waals surface area contributed by atoms with E-state index in [2.05, 4.69) is 0 Å². The van der Waals surface area contributed by atoms with Crippen molar-refractivity contribution in [1.82, 2.24) is 4.90 Å². The highest BCUT2D eigenvalue weighted by molar-refractivity contribution is 6.32. The molecule has 3 aliphatic carbocycles.